The lowest BCUT2D eigenvalue weighted by atomic mass is 9.95. The lowest BCUT2D eigenvalue weighted by Crippen LogP contribution is -2.39. The fraction of sp³-hybridized carbons (Fsp3) is 0.240. The van der Waals surface area contributed by atoms with Crippen molar-refractivity contribution in [3.05, 3.63) is 100 Å². The molecule has 0 unspecified atom stereocenters. The fourth-order valence-electron chi connectivity index (χ4n) is 3.95. The van der Waals surface area contributed by atoms with E-state index in [2.05, 4.69) is 4.99 Å². The van der Waals surface area contributed by atoms with Gasteiger partial charge in [0.15, 0.2) is 10.6 Å². The van der Waals surface area contributed by atoms with Gasteiger partial charge >= 0.3 is 11.7 Å². The van der Waals surface area contributed by atoms with Crippen LogP contribution < -0.4 is 19.6 Å². The molecule has 0 saturated carbocycles. The molecule has 0 saturated heterocycles. The van der Waals surface area contributed by atoms with E-state index in [0.717, 1.165) is 22.5 Å². The first-order valence-electron chi connectivity index (χ1n) is 10.8. The van der Waals surface area contributed by atoms with Gasteiger partial charge in [-0.2, -0.15) is 0 Å². The second-order valence-corrected chi connectivity index (χ2v) is 8.91. The first kappa shape index (κ1) is 24.1. The number of ether oxygens (including phenoxy) is 2. The molecule has 0 spiro atoms. The van der Waals surface area contributed by atoms with Crippen LogP contribution in [0.4, 0.5) is 5.69 Å². The maximum absolute atomic E-state index is 13.6. The normalized spacial score (nSPS) is 15.4. The Hall–Kier alpha value is -4.05. The quantitative estimate of drug-likeness (QED) is 0.296. The topological polar surface area (TPSA) is 113 Å². The number of rotatable bonds is 6. The SMILES string of the molecule is CCOC(=O)C1=C(C)N=c2s/c(=C\c3ccc(OC)c([N+](=O)[O-])c3)c(=O)n2[C@H]1c1ccc(C)cc1. The Labute approximate surface area is 204 Å². The predicted molar refractivity (Wildman–Crippen MR) is 131 cm³/mol. The van der Waals surface area contributed by atoms with Crippen molar-refractivity contribution in [2.45, 2.75) is 26.8 Å². The Kier molecular flexibility index (Phi) is 6.65. The van der Waals surface area contributed by atoms with E-state index < -0.39 is 16.9 Å². The molecule has 0 fully saturated rings. The summed E-state index contributed by atoms with van der Waals surface area (Å²) >= 11 is 1.15. The minimum atomic E-state index is -0.710. The van der Waals surface area contributed by atoms with Gasteiger partial charge in [-0.1, -0.05) is 47.2 Å². The zero-order chi connectivity index (χ0) is 25.3. The third-order valence-electron chi connectivity index (χ3n) is 5.61. The number of nitro benzene ring substituents is 1. The van der Waals surface area contributed by atoms with E-state index in [1.54, 1.807) is 26.0 Å². The molecule has 1 atom stereocenters. The van der Waals surface area contributed by atoms with Crippen LogP contribution in [0.2, 0.25) is 0 Å². The summed E-state index contributed by atoms with van der Waals surface area (Å²) in [5, 5.41) is 11.4. The van der Waals surface area contributed by atoms with Gasteiger partial charge in [0, 0.05) is 6.07 Å². The Morgan fingerprint density at radius 3 is 2.57 bits per heavy atom. The van der Waals surface area contributed by atoms with Gasteiger partial charge < -0.3 is 9.47 Å². The number of carbonyl (C=O) groups excluding carboxylic acids is 1. The van der Waals surface area contributed by atoms with Crippen molar-refractivity contribution in [3.8, 4) is 5.75 Å². The molecule has 1 aliphatic rings. The van der Waals surface area contributed by atoms with Crippen LogP contribution in [-0.2, 0) is 9.53 Å². The molecule has 0 radical (unpaired) electrons. The van der Waals surface area contributed by atoms with Gasteiger partial charge in [0.05, 0.1) is 40.5 Å². The number of aromatic nitrogens is 1. The molecule has 1 aromatic heterocycles. The number of hydrogen-bond acceptors (Lipinski definition) is 8. The molecule has 1 aliphatic heterocycles. The van der Waals surface area contributed by atoms with E-state index in [9.17, 15) is 19.7 Å². The molecule has 0 amide bonds. The van der Waals surface area contributed by atoms with E-state index in [0.29, 0.717) is 26.2 Å². The van der Waals surface area contributed by atoms with Crippen LogP contribution in [0.1, 0.15) is 36.6 Å². The lowest BCUT2D eigenvalue weighted by molar-refractivity contribution is -0.385. The molecule has 2 aromatic carbocycles. The summed E-state index contributed by atoms with van der Waals surface area (Å²) in [6.07, 6.45) is 1.58. The molecular weight excluding hydrogens is 470 g/mol. The van der Waals surface area contributed by atoms with Crippen molar-refractivity contribution >= 4 is 29.1 Å². The van der Waals surface area contributed by atoms with Crippen LogP contribution in [0, 0.1) is 17.0 Å². The number of benzene rings is 2. The molecule has 3 aromatic rings. The van der Waals surface area contributed by atoms with Gasteiger partial charge in [-0.3, -0.25) is 19.5 Å². The highest BCUT2D eigenvalue weighted by Crippen LogP contribution is 2.31. The summed E-state index contributed by atoms with van der Waals surface area (Å²) in [7, 11) is 1.36. The maximum Gasteiger partial charge on any atom is 0.338 e. The number of methoxy groups -OCH3 is 1. The number of allylic oxidation sites excluding steroid dienone is 1. The molecule has 4 rings (SSSR count). The predicted octanol–water partition coefficient (Wildman–Crippen LogP) is 3.02. The lowest BCUT2D eigenvalue weighted by Gasteiger charge is -2.24. The Bertz CT molecular complexity index is 1530. The van der Waals surface area contributed by atoms with Crippen molar-refractivity contribution in [3.63, 3.8) is 0 Å². The van der Waals surface area contributed by atoms with Crippen molar-refractivity contribution in [1.82, 2.24) is 4.57 Å². The molecule has 0 bridgehead atoms. The average Bonchev–Trinajstić information content (AvgIpc) is 3.13. The van der Waals surface area contributed by atoms with Crippen LogP contribution in [0.3, 0.4) is 0 Å². The number of nitro groups is 1. The van der Waals surface area contributed by atoms with Crippen molar-refractivity contribution in [1.29, 1.82) is 0 Å². The summed E-state index contributed by atoms with van der Waals surface area (Å²) in [5.41, 5.74) is 2.48. The number of hydrogen-bond donors (Lipinski definition) is 0. The minimum Gasteiger partial charge on any atom is -0.490 e. The second-order valence-electron chi connectivity index (χ2n) is 7.90. The van der Waals surface area contributed by atoms with E-state index in [-0.39, 0.29) is 23.6 Å². The Morgan fingerprint density at radius 1 is 1.23 bits per heavy atom. The smallest absolute Gasteiger partial charge is 0.338 e. The maximum atomic E-state index is 13.6. The monoisotopic (exact) mass is 493 g/mol. The molecule has 35 heavy (non-hydrogen) atoms. The Morgan fingerprint density at radius 2 is 1.94 bits per heavy atom. The minimum absolute atomic E-state index is 0.127. The molecule has 180 valence electrons. The van der Waals surface area contributed by atoms with Crippen molar-refractivity contribution < 1.29 is 19.2 Å². The highest BCUT2D eigenvalue weighted by molar-refractivity contribution is 7.07. The van der Waals surface area contributed by atoms with Gasteiger partial charge in [-0.15, -0.1) is 0 Å². The molecule has 10 heteroatoms. The van der Waals surface area contributed by atoms with Crippen LogP contribution in [-0.4, -0.2) is 29.2 Å². The number of aryl methyl sites for hydroxylation is 1. The highest BCUT2D eigenvalue weighted by Gasteiger charge is 2.33. The van der Waals surface area contributed by atoms with E-state index in [4.69, 9.17) is 9.47 Å². The van der Waals surface area contributed by atoms with E-state index in [1.807, 2.05) is 31.2 Å². The number of fused-ring (bicyclic) bond motifs is 1. The van der Waals surface area contributed by atoms with Crippen molar-refractivity contribution in [2.24, 2.45) is 4.99 Å². The summed E-state index contributed by atoms with van der Waals surface area (Å²) < 4.78 is 12.2. The summed E-state index contributed by atoms with van der Waals surface area (Å²) in [5.74, 6) is -0.401. The number of esters is 1. The van der Waals surface area contributed by atoms with E-state index >= 15 is 0 Å². The molecule has 0 N–H and O–H groups in total. The van der Waals surface area contributed by atoms with Crippen molar-refractivity contribution in [2.75, 3.05) is 13.7 Å². The molecule has 2 heterocycles. The van der Waals surface area contributed by atoms with Gasteiger partial charge in [-0.25, -0.2) is 9.79 Å². The summed E-state index contributed by atoms with van der Waals surface area (Å²) in [6, 6.07) is 11.3. The Balaban J connectivity index is 1.93. The van der Waals surface area contributed by atoms with Gasteiger partial charge in [0.1, 0.15) is 0 Å². The van der Waals surface area contributed by atoms with E-state index in [1.165, 1.54) is 23.8 Å². The van der Waals surface area contributed by atoms with Crippen LogP contribution in [0.25, 0.3) is 6.08 Å². The summed E-state index contributed by atoms with van der Waals surface area (Å²) in [4.78, 5) is 42.3. The van der Waals surface area contributed by atoms with Crippen LogP contribution in [0.15, 0.2) is 63.5 Å². The standard InChI is InChI=1S/C25H23N3O6S/c1-5-34-24(30)21-15(3)26-25-27(22(21)17-9-6-14(2)7-10-17)23(29)20(35-25)13-16-8-11-19(33-4)18(12-16)28(31)32/h6-13,22H,5H2,1-4H3/b20-13-/t22-/m0/s1. The molecular formula is C25H23N3O6S. The third kappa shape index (κ3) is 4.52. The zero-order valence-electron chi connectivity index (χ0n) is 19.6. The zero-order valence-corrected chi connectivity index (χ0v) is 20.4. The number of thiazole rings is 1. The van der Waals surface area contributed by atoms with Crippen LogP contribution in [0.5, 0.6) is 5.75 Å². The fourth-order valence-corrected chi connectivity index (χ4v) is 4.99. The number of nitrogens with zero attached hydrogens (tertiary/aromatic N) is 3. The van der Waals surface area contributed by atoms with Gasteiger partial charge in [0.2, 0.25) is 0 Å². The summed E-state index contributed by atoms with van der Waals surface area (Å²) in [6.45, 7) is 5.59. The first-order valence-corrected chi connectivity index (χ1v) is 11.7. The van der Waals surface area contributed by atoms with Crippen LogP contribution >= 0.6 is 11.3 Å². The molecule has 9 nitrogen and oxygen atoms in total. The highest BCUT2D eigenvalue weighted by atomic mass is 32.1. The average molecular weight is 494 g/mol. The van der Waals surface area contributed by atoms with Gasteiger partial charge in [-0.05, 0) is 44.0 Å². The first-order chi connectivity index (χ1) is 16.7. The third-order valence-corrected chi connectivity index (χ3v) is 6.59. The van der Waals surface area contributed by atoms with Gasteiger partial charge in [0.25, 0.3) is 5.56 Å². The second kappa shape index (κ2) is 9.67. The number of carbonyl (C=O) groups is 1. The molecule has 0 aliphatic carbocycles. The largest absolute Gasteiger partial charge is 0.490 e.